The SMILES string of the molecule is COc1ccc([N+](=O)[O-])cc1NC(=O)[C@@H](C)Oc1ccc(C(C)=O)cc1OC. The smallest absolute Gasteiger partial charge is 0.271 e. The molecule has 2 aromatic rings. The van der Waals surface area contributed by atoms with E-state index in [0.717, 1.165) is 0 Å². The van der Waals surface area contributed by atoms with Gasteiger partial charge in [-0.15, -0.1) is 0 Å². The number of nitrogens with zero attached hydrogens (tertiary/aromatic N) is 1. The Morgan fingerprint density at radius 1 is 1.04 bits per heavy atom. The van der Waals surface area contributed by atoms with Crippen LogP contribution in [0.3, 0.4) is 0 Å². The number of carbonyl (C=O) groups excluding carboxylic acids is 2. The van der Waals surface area contributed by atoms with Crippen LogP contribution in [0.2, 0.25) is 0 Å². The maximum atomic E-state index is 12.5. The fourth-order valence-electron chi connectivity index (χ4n) is 2.37. The standard InChI is InChI=1S/C19H20N2O7/c1-11(22)13-5-7-17(18(9-13)27-4)28-12(2)19(23)20-15-10-14(21(24)25)6-8-16(15)26-3/h5-10,12H,1-4H3,(H,20,23)/t12-/m1/s1. The summed E-state index contributed by atoms with van der Waals surface area (Å²) in [6, 6.07) is 8.48. The largest absolute Gasteiger partial charge is 0.495 e. The fraction of sp³-hybridized carbons (Fsp3) is 0.263. The topological polar surface area (TPSA) is 117 Å². The summed E-state index contributed by atoms with van der Waals surface area (Å²) in [4.78, 5) is 34.3. The molecule has 0 saturated carbocycles. The van der Waals surface area contributed by atoms with Crippen molar-refractivity contribution in [3.63, 3.8) is 0 Å². The fourth-order valence-corrected chi connectivity index (χ4v) is 2.37. The molecule has 0 bridgehead atoms. The van der Waals surface area contributed by atoms with Crippen molar-refractivity contribution in [1.82, 2.24) is 0 Å². The third kappa shape index (κ3) is 4.76. The number of anilines is 1. The average molecular weight is 388 g/mol. The molecule has 0 aliphatic heterocycles. The number of rotatable bonds is 8. The van der Waals surface area contributed by atoms with Crippen LogP contribution in [0.5, 0.6) is 17.2 Å². The molecular weight excluding hydrogens is 368 g/mol. The van der Waals surface area contributed by atoms with Gasteiger partial charge in [0.15, 0.2) is 23.4 Å². The zero-order valence-electron chi connectivity index (χ0n) is 15.8. The minimum Gasteiger partial charge on any atom is -0.495 e. The van der Waals surface area contributed by atoms with E-state index in [1.807, 2.05) is 0 Å². The van der Waals surface area contributed by atoms with Gasteiger partial charge in [-0.3, -0.25) is 19.7 Å². The first kappa shape index (κ1) is 20.7. The molecule has 0 aliphatic rings. The lowest BCUT2D eigenvalue weighted by Crippen LogP contribution is -2.30. The van der Waals surface area contributed by atoms with Crippen LogP contribution < -0.4 is 19.5 Å². The first-order valence-electron chi connectivity index (χ1n) is 8.25. The van der Waals surface area contributed by atoms with Crippen LogP contribution in [0.4, 0.5) is 11.4 Å². The Kier molecular flexibility index (Phi) is 6.54. The van der Waals surface area contributed by atoms with Gasteiger partial charge in [-0.2, -0.15) is 0 Å². The van der Waals surface area contributed by atoms with Crippen LogP contribution in [0.15, 0.2) is 36.4 Å². The van der Waals surface area contributed by atoms with Gasteiger partial charge in [-0.05, 0) is 38.1 Å². The molecule has 1 N–H and O–H groups in total. The third-order valence-electron chi connectivity index (χ3n) is 3.89. The van der Waals surface area contributed by atoms with Crippen molar-refractivity contribution >= 4 is 23.1 Å². The van der Waals surface area contributed by atoms with Crippen molar-refractivity contribution in [3.05, 3.63) is 52.1 Å². The second kappa shape index (κ2) is 8.85. The highest BCUT2D eigenvalue weighted by Crippen LogP contribution is 2.31. The molecule has 1 amide bonds. The van der Waals surface area contributed by atoms with Gasteiger partial charge < -0.3 is 19.5 Å². The molecule has 148 valence electrons. The third-order valence-corrected chi connectivity index (χ3v) is 3.89. The van der Waals surface area contributed by atoms with E-state index in [-0.39, 0.29) is 28.7 Å². The summed E-state index contributed by atoms with van der Waals surface area (Å²) in [6.45, 7) is 2.94. The quantitative estimate of drug-likeness (QED) is 0.419. The minimum absolute atomic E-state index is 0.131. The van der Waals surface area contributed by atoms with Gasteiger partial charge in [-0.25, -0.2) is 0 Å². The molecule has 0 aliphatic carbocycles. The first-order chi connectivity index (χ1) is 13.3. The van der Waals surface area contributed by atoms with Crippen molar-refractivity contribution in [2.24, 2.45) is 0 Å². The van der Waals surface area contributed by atoms with Gasteiger partial charge in [0.1, 0.15) is 5.75 Å². The number of methoxy groups -OCH3 is 2. The maximum Gasteiger partial charge on any atom is 0.271 e. The van der Waals surface area contributed by atoms with Crippen LogP contribution >= 0.6 is 0 Å². The maximum absolute atomic E-state index is 12.5. The Morgan fingerprint density at radius 3 is 2.25 bits per heavy atom. The predicted octanol–water partition coefficient (Wildman–Crippen LogP) is 3.22. The number of carbonyl (C=O) groups is 2. The number of hydrogen-bond donors (Lipinski definition) is 1. The molecule has 9 nitrogen and oxygen atoms in total. The molecule has 0 unspecified atom stereocenters. The second-order valence-electron chi connectivity index (χ2n) is 5.81. The zero-order valence-corrected chi connectivity index (χ0v) is 15.8. The Hall–Kier alpha value is -3.62. The zero-order chi connectivity index (χ0) is 20.8. The molecule has 0 fully saturated rings. The average Bonchev–Trinajstić information content (AvgIpc) is 2.67. The van der Waals surface area contributed by atoms with Crippen molar-refractivity contribution in [3.8, 4) is 17.2 Å². The number of ketones is 1. The van der Waals surface area contributed by atoms with Gasteiger partial charge in [0.2, 0.25) is 0 Å². The van der Waals surface area contributed by atoms with E-state index in [2.05, 4.69) is 5.32 Å². The summed E-state index contributed by atoms with van der Waals surface area (Å²) in [7, 11) is 2.81. The van der Waals surface area contributed by atoms with E-state index < -0.39 is 16.9 Å². The van der Waals surface area contributed by atoms with Crippen molar-refractivity contribution < 1.29 is 28.7 Å². The Bertz CT molecular complexity index is 911. The van der Waals surface area contributed by atoms with Crippen molar-refractivity contribution in [2.45, 2.75) is 20.0 Å². The summed E-state index contributed by atoms with van der Waals surface area (Å²) in [5.41, 5.74) is 0.407. The Morgan fingerprint density at radius 2 is 1.68 bits per heavy atom. The minimum atomic E-state index is -0.957. The molecule has 2 aromatic carbocycles. The number of non-ortho nitro benzene ring substituents is 1. The van der Waals surface area contributed by atoms with E-state index in [1.165, 1.54) is 58.4 Å². The van der Waals surface area contributed by atoms with Crippen LogP contribution in [0.1, 0.15) is 24.2 Å². The summed E-state index contributed by atoms with van der Waals surface area (Å²) in [5, 5.41) is 13.5. The molecule has 2 rings (SSSR count). The first-order valence-corrected chi connectivity index (χ1v) is 8.25. The van der Waals surface area contributed by atoms with Gasteiger partial charge in [0.05, 0.1) is 24.8 Å². The molecule has 9 heteroatoms. The van der Waals surface area contributed by atoms with E-state index in [4.69, 9.17) is 14.2 Å². The van der Waals surface area contributed by atoms with E-state index in [0.29, 0.717) is 11.3 Å². The molecule has 28 heavy (non-hydrogen) atoms. The number of benzene rings is 2. The molecule has 0 saturated heterocycles. The summed E-state index contributed by atoms with van der Waals surface area (Å²) in [5.74, 6) is 0.181. The molecular formula is C19H20N2O7. The summed E-state index contributed by atoms with van der Waals surface area (Å²) in [6.07, 6.45) is -0.957. The number of ether oxygens (including phenoxy) is 3. The van der Waals surface area contributed by atoms with Gasteiger partial charge in [0, 0.05) is 17.7 Å². The normalized spacial score (nSPS) is 11.3. The highest BCUT2D eigenvalue weighted by atomic mass is 16.6. The lowest BCUT2D eigenvalue weighted by atomic mass is 10.1. The van der Waals surface area contributed by atoms with Gasteiger partial charge >= 0.3 is 0 Å². The van der Waals surface area contributed by atoms with Crippen LogP contribution in [0.25, 0.3) is 0 Å². The lowest BCUT2D eigenvalue weighted by molar-refractivity contribution is -0.384. The molecule has 0 heterocycles. The number of nitro groups is 1. The van der Waals surface area contributed by atoms with E-state index >= 15 is 0 Å². The highest BCUT2D eigenvalue weighted by Gasteiger charge is 2.20. The number of Topliss-reactive ketones (excluding diaryl/α,β-unsaturated/α-hetero) is 1. The lowest BCUT2D eigenvalue weighted by Gasteiger charge is -2.18. The number of nitrogens with one attached hydrogen (secondary N) is 1. The van der Waals surface area contributed by atoms with Crippen molar-refractivity contribution in [2.75, 3.05) is 19.5 Å². The molecule has 0 radical (unpaired) electrons. The van der Waals surface area contributed by atoms with E-state index in [9.17, 15) is 19.7 Å². The summed E-state index contributed by atoms with van der Waals surface area (Å²) < 4.78 is 16.0. The monoisotopic (exact) mass is 388 g/mol. The van der Waals surface area contributed by atoms with Crippen LogP contribution in [-0.4, -0.2) is 36.9 Å². The van der Waals surface area contributed by atoms with Crippen molar-refractivity contribution in [1.29, 1.82) is 0 Å². The number of amides is 1. The van der Waals surface area contributed by atoms with Crippen LogP contribution in [-0.2, 0) is 4.79 Å². The molecule has 0 spiro atoms. The number of nitro benzene ring substituents is 1. The molecule has 1 atom stereocenters. The van der Waals surface area contributed by atoms with Gasteiger partial charge in [-0.1, -0.05) is 0 Å². The second-order valence-corrected chi connectivity index (χ2v) is 5.81. The Labute approximate surface area is 161 Å². The van der Waals surface area contributed by atoms with E-state index in [1.54, 1.807) is 6.07 Å². The summed E-state index contributed by atoms with van der Waals surface area (Å²) >= 11 is 0. The van der Waals surface area contributed by atoms with Crippen LogP contribution in [0, 0.1) is 10.1 Å². The molecule has 0 aromatic heterocycles. The highest BCUT2D eigenvalue weighted by molar-refractivity contribution is 5.96. The number of hydrogen-bond acceptors (Lipinski definition) is 7. The van der Waals surface area contributed by atoms with Gasteiger partial charge in [0.25, 0.3) is 11.6 Å². The predicted molar refractivity (Wildman–Crippen MR) is 101 cm³/mol. The Balaban J connectivity index is 2.19.